The van der Waals surface area contributed by atoms with Gasteiger partial charge in [0.2, 0.25) is 11.1 Å². The Morgan fingerprint density at radius 2 is 1.79 bits per heavy atom. The molecule has 0 aromatic carbocycles. The number of carbonyl (C=O) groups excluding carboxylic acids is 2. The standard InChI is InChI=1S/C14H24N6O3S/c1-5-23-13(22)19-8-6-18(7-9-19)11(21)10-24-12-15-16-17-20(12)14(2,3)4/h5-10H2,1-4H3. The summed E-state index contributed by atoms with van der Waals surface area (Å²) in [5, 5.41) is 12.3. The lowest BCUT2D eigenvalue weighted by Gasteiger charge is -2.34. The van der Waals surface area contributed by atoms with Gasteiger partial charge in [0, 0.05) is 26.2 Å². The normalized spacial score (nSPS) is 15.5. The first kappa shape index (κ1) is 18.5. The Morgan fingerprint density at radius 3 is 2.38 bits per heavy atom. The summed E-state index contributed by atoms with van der Waals surface area (Å²) in [5.74, 6) is 0.294. The van der Waals surface area contributed by atoms with Crippen molar-refractivity contribution in [3.8, 4) is 0 Å². The van der Waals surface area contributed by atoms with Crippen molar-refractivity contribution in [1.82, 2.24) is 30.0 Å². The second-order valence-electron chi connectivity index (χ2n) is 6.40. The molecule has 0 N–H and O–H groups in total. The Bertz CT molecular complexity index is 577. The van der Waals surface area contributed by atoms with Crippen LogP contribution in [0.25, 0.3) is 0 Å². The van der Waals surface area contributed by atoms with E-state index in [0.717, 1.165) is 0 Å². The number of ether oxygens (including phenoxy) is 1. The lowest BCUT2D eigenvalue weighted by Crippen LogP contribution is -2.51. The third-order valence-electron chi connectivity index (χ3n) is 3.56. The molecule has 9 nitrogen and oxygen atoms in total. The van der Waals surface area contributed by atoms with Crippen molar-refractivity contribution in [3.63, 3.8) is 0 Å². The quantitative estimate of drug-likeness (QED) is 0.737. The van der Waals surface area contributed by atoms with Crippen LogP contribution in [0.3, 0.4) is 0 Å². The second kappa shape index (κ2) is 7.82. The van der Waals surface area contributed by atoms with Gasteiger partial charge in [-0.2, -0.15) is 0 Å². The third-order valence-corrected chi connectivity index (χ3v) is 4.46. The van der Waals surface area contributed by atoms with Gasteiger partial charge in [0.05, 0.1) is 17.9 Å². The predicted molar refractivity (Wildman–Crippen MR) is 88.7 cm³/mol. The first-order valence-electron chi connectivity index (χ1n) is 7.94. The van der Waals surface area contributed by atoms with E-state index in [2.05, 4.69) is 15.5 Å². The molecule has 24 heavy (non-hydrogen) atoms. The molecule has 0 atom stereocenters. The summed E-state index contributed by atoms with van der Waals surface area (Å²) in [4.78, 5) is 27.4. The van der Waals surface area contributed by atoms with Gasteiger partial charge < -0.3 is 14.5 Å². The number of piperazine rings is 1. The van der Waals surface area contributed by atoms with Gasteiger partial charge in [-0.15, -0.1) is 5.10 Å². The van der Waals surface area contributed by atoms with E-state index in [1.807, 2.05) is 20.8 Å². The molecule has 1 saturated heterocycles. The van der Waals surface area contributed by atoms with Crippen molar-refractivity contribution in [3.05, 3.63) is 0 Å². The minimum Gasteiger partial charge on any atom is -0.450 e. The summed E-state index contributed by atoms with van der Waals surface area (Å²) >= 11 is 1.33. The molecule has 0 bridgehead atoms. The summed E-state index contributed by atoms with van der Waals surface area (Å²) in [6, 6.07) is 0. The van der Waals surface area contributed by atoms with Crippen molar-refractivity contribution < 1.29 is 14.3 Å². The van der Waals surface area contributed by atoms with Gasteiger partial charge in [-0.1, -0.05) is 11.8 Å². The van der Waals surface area contributed by atoms with E-state index in [9.17, 15) is 9.59 Å². The number of hydrogen-bond donors (Lipinski definition) is 0. The minimum absolute atomic E-state index is 0.0203. The van der Waals surface area contributed by atoms with Crippen LogP contribution in [0.1, 0.15) is 27.7 Å². The summed E-state index contributed by atoms with van der Waals surface area (Å²) in [6.45, 7) is 10.2. The Kier molecular flexibility index (Phi) is 6.03. The first-order valence-corrected chi connectivity index (χ1v) is 8.92. The van der Waals surface area contributed by atoms with Crippen LogP contribution in [0.5, 0.6) is 0 Å². The number of thioether (sulfide) groups is 1. The number of nitrogens with zero attached hydrogens (tertiary/aromatic N) is 6. The topological polar surface area (TPSA) is 93.4 Å². The number of hydrogen-bond acceptors (Lipinski definition) is 7. The molecule has 0 aliphatic carbocycles. The molecule has 10 heteroatoms. The monoisotopic (exact) mass is 356 g/mol. The van der Waals surface area contributed by atoms with Crippen molar-refractivity contribution in [2.24, 2.45) is 0 Å². The molecule has 0 spiro atoms. The summed E-state index contributed by atoms with van der Waals surface area (Å²) in [7, 11) is 0. The second-order valence-corrected chi connectivity index (χ2v) is 7.34. The zero-order chi connectivity index (χ0) is 17.7. The number of carbonyl (C=O) groups is 2. The van der Waals surface area contributed by atoms with Crippen LogP contribution < -0.4 is 0 Å². The Labute approximate surface area is 145 Å². The first-order chi connectivity index (χ1) is 11.3. The Hall–Kier alpha value is -1.84. The average Bonchev–Trinajstić information content (AvgIpc) is 3.02. The van der Waals surface area contributed by atoms with E-state index in [1.54, 1.807) is 21.4 Å². The van der Waals surface area contributed by atoms with E-state index >= 15 is 0 Å². The minimum atomic E-state index is -0.316. The van der Waals surface area contributed by atoms with E-state index in [1.165, 1.54) is 11.8 Å². The van der Waals surface area contributed by atoms with Crippen LogP contribution in [-0.4, -0.2) is 80.5 Å². The molecular formula is C14H24N6O3S. The van der Waals surface area contributed by atoms with E-state index in [4.69, 9.17) is 4.74 Å². The highest BCUT2D eigenvalue weighted by atomic mass is 32.2. The molecular weight excluding hydrogens is 332 g/mol. The summed E-state index contributed by atoms with van der Waals surface area (Å²) < 4.78 is 6.69. The molecule has 134 valence electrons. The predicted octanol–water partition coefficient (Wildman–Crippen LogP) is 0.821. The van der Waals surface area contributed by atoms with Crippen LogP contribution in [-0.2, 0) is 15.1 Å². The number of rotatable bonds is 4. The molecule has 1 aromatic heterocycles. The Balaban J connectivity index is 1.83. The molecule has 2 amide bonds. The highest BCUT2D eigenvalue weighted by Gasteiger charge is 2.26. The van der Waals surface area contributed by atoms with Crippen molar-refractivity contribution in [2.45, 2.75) is 38.4 Å². The van der Waals surface area contributed by atoms with Crippen molar-refractivity contribution in [1.29, 1.82) is 0 Å². The van der Waals surface area contributed by atoms with Crippen molar-refractivity contribution in [2.75, 3.05) is 38.5 Å². The molecule has 0 saturated carbocycles. The number of aromatic nitrogens is 4. The van der Waals surface area contributed by atoms with Gasteiger partial charge in [0.25, 0.3) is 0 Å². The van der Waals surface area contributed by atoms with Gasteiger partial charge in [-0.05, 0) is 38.1 Å². The summed E-state index contributed by atoms with van der Waals surface area (Å²) in [6.07, 6.45) is -0.316. The highest BCUT2D eigenvalue weighted by Crippen LogP contribution is 2.21. The van der Waals surface area contributed by atoms with Crippen molar-refractivity contribution >= 4 is 23.8 Å². The molecule has 2 rings (SSSR count). The molecule has 2 heterocycles. The van der Waals surface area contributed by atoms with Crippen LogP contribution in [0.4, 0.5) is 4.79 Å². The highest BCUT2D eigenvalue weighted by molar-refractivity contribution is 7.99. The number of amides is 2. The van der Waals surface area contributed by atoms with Crippen LogP contribution >= 0.6 is 11.8 Å². The fourth-order valence-corrected chi connectivity index (χ4v) is 3.22. The van der Waals surface area contributed by atoms with E-state index in [-0.39, 0.29) is 23.3 Å². The molecule has 0 radical (unpaired) electrons. The van der Waals surface area contributed by atoms with Gasteiger partial charge in [-0.25, -0.2) is 9.48 Å². The smallest absolute Gasteiger partial charge is 0.409 e. The third kappa shape index (κ3) is 4.59. The van der Waals surface area contributed by atoms with Crippen LogP contribution in [0, 0.1) is 0 Å². The van der Waals surface area contributed by atoms with Gasteiger partial charge >= 0.3 is 6.09 Å². The van der Waals surface area contributed by atoms with Crippen LogP contribution in [0.2, 0.25) is 0 Å². The maximum atomic E-state index is 12.3. The maximum absolute atomic E-state index is 12.3. The lowest BCUT2D eigenvalue weighted by molar-refractivity contribution is -0.129. The van der Waals surface area contributed by atoms with Gasteiger partial charge in [0.15, 0.2) is 0 Å². The van der Waals surface area contributed by atoms with Gasteiger partial charge in [-0.3, -0.25) is 4.79 Å². The molecule has 0 unspecified atom stereocenters. The SMILES string of the molecule is CCOC(=O)N1CCN(C(=O)CSc2nnnn2C(C)(C)C)CC1. The molecule has 1 fully saturated rings. The fraction of sp³-hybridized carbons (Fsp3) is 0.786. The maximum Gasteiger partial charge on any atom is 0.409 e. The van der Waals surface area contributed by atoms with Crippen LogP contribution in [0.15, 0.2) is 5.16 Å². The molecule has 1 aromatic rings. The zero-order valence-corrected chi connectivity index (χ0v) is 15.4. The van der Waals surface area contributed by atoms with E-state index in [0.29, 0.717) is 37.9 Å². The lowest BCUT2D eigenvalue weighted by atomic mass is 10.1. The van der Waals surface area contributed by atoms with Gasteiger partial charge in [0.1, 0.15) is 0 Å². The molecule has 1 aliphatic heterocycles. The Morgan fingerprint density at radius 1 is 1.17 bits per heavy atom. The zero-order valence-electron chi connectivity index (χ0n) is 14.6. The average molecular weight is 356 g/mol. The molecule has 1 aliphatic rings. The summed E-state index contributed by atoms with van der Waals surface area (Å²) in [5.41, 5.74) is -0.236. The fourth-order valence-electron chi connectivity index (χ4n) is 2.26. The number of tetrazole rings is 1. The van der Waals surface area contributed by atoms with E-state index < -0.39 is 0 Å². The largest absolute Gasteiger partial charge is 0.450 e.